The van der Waals surface area contributed by atoms with Gasteiger partial charge in [-0.15, -0.1) is 0 Å². The molecule has 0 saturated heterocycles. The van der Waals surface area contributed by atoms with E-state index in [1.807, 2.05) is 18.3 Å². The summed E-state index contributed by atoms with van der Waals surface area (Å²) in [5.41, 5.74) is 10.6. The van der Waals surface area contributed by atoms with Crippen LogP contribution >= 0.6 is 0 Å². The molecule has 3 nitrogen and oxygen atoms in total. The number of hydrogen-bond donors (Lipinski definition) is 1. The lowest BCUT2D eigenvalue weighted by molar-refractivity contribution is 0.511. The van der Waals surface area contributed by atoms with Crippen molar-refractivity contribution >= 4 is 27.5 Å². The molecule has 2 aromatic carbocycles. The zero-order valence-electron chi connectivity index (χ0n) is 18.0. The van der Waals surface area contributed by atoms with Gasteiger partial charge in [0.25, 0.3) is 0 Å². The van der Waals surface area contributed by atoms with Crippen LogP contribution < -0.4 is 5.73 Å². The fourth-order valence-electron chi connectivity index (χ4n) is 4.24. The highest BCUT2D eigenvalue weighted by Crippen LogP contribution is 2.34. The molecule has 3 heteroatoms. The van der Waals surface area contributed by atoms with Gasteiger partial charge in [0.2, 0.25) is 0 Å². The smallest absolute Gasteiger partial charge is 0.124 e. The molecule has 4 aromatic rings. The van der Waals surface area contributed by atoms with Crippen LogP contribution in [-0.4, -0.2) is 9.97 Å². The highest BCUT2D eigenvalue weighted by atomic mass is 14.9. The molecule has 0 unspecified atom stereocenters. The third-order valence-electron chi connectivity index (χ3n) is 5.62. The van der Waals surface area contributed by atoms with Crippen molar-refractivity contribution in [2.45, 2.75) is 51.9 Å². The number of hydrogen-bond acceptors (Lipinski definition) is 3. The van der Waals surface area contributed by atoms with E-state index < -0.39 is 0 Å². The van der Waals surface area contributed by atoms with Gasteiger partial charge in [-0.25, -0.2) is 4.98 Å². The van der Waals surface area contributed by atoms with Crippen molar-refractivity contribution in [2.24, 2.45) is 0 Å². The summed E-state index contributed by atoms with van der Waals surface area (Å²) >= 11 is 0. The van der Waals surface area contributed by atoms with Crippen molar-refractivity contribution in [1.82, 2.24) is 9.97 Å². The summed E-state index contributed by atoms with van der Waals surface area (Å²) < 4.78 is 0. The lowest BCUT2D eigenvalue weighted by Gasteiger charge is -2.26. The lowest BCUT2D eigenvalue weighted by Crippen LogP contribution is -2.23. The highest BCUT2D eigenvalue weighted by Gasteiger charge is 2.26. The molecule has 0 aliphatic rings. The van der Waals surface area contributed by atoms with E-state index in [1.165, 1.54) is 16.5 Å². The Hall–Kier alpha value is -2.94. The van der Waals surface area contributed by atoms with Crippen molar-refractivity contribution < 1.29 is 0 Å². The molecule has 2 N–H and O–H groups in total. The number of nitrogens with two attached hydrogens (primary N) is 1. The van der Waals surface area contributed by atoms with Crippen molar-refractivity contribution in [2.75, 3.05) is 5.73 Å². The first-order valence-corrected chi connectivity index (χ1v) is 10.2. The minimum Gasteiger partial charge on any atom is -0.384 e. The third-order valence-corrected chi connectivity index (χ3v) is 5.62. The first-order chi connectivity index (χ1) is 13.6. The van der Waals surface area contributed by atoms with E-state index in [-0.39, 0.29) is 10.8 Å². The molecule has 2 heterocycles. The number of fused-ring (bicyclic) bond motifs is 2. The van der Waals surface area contributed by atoms with Gasteiger partial charge in [-0.3, -0.25) is 4.98 Å². The van der Waals surface area contributed by atoms with Crippen LogP contribution in [-0.2, 0) is 17.3 Å². The summed E-state index contributed by atoms with van der Waals surface area (Å²) in [4.78, 5) is 9.60. The van der Waals surface area contributed by atoms with E-state index in [2.05, 4.69) is 77.1 Å². The summed E-state index contributed by atoms with van der Waals surface area (Å²) in [6, 6.07) is 19.0. The molecule has 0 fully saturated rings. The third kappa shape index (κ3) is 3.69. The molecule has 29 heavy (non-hydrogen) atoms. The van der Waals surface area contributed by atoms with E-state index in [4.69, 9.17) is 15.7 Å². The maximum absolute atomic E-state index is 6.12. The van der Waals surface area contributed by atoms with Crippen LogP contribution in [0.1, 0.15) is 51.4 Å². The van der Waals surface area contributed by atoms with Crippen molar-refractivity contribution in [3.8, 4) is 0 Å². The van der Waals surface area contributed by atoms with Gasteiger partial charge >= 0.3 is 0 Å². The average Bonchev–Trinajstić information content (AvgIpc) is 2.65. The second-order valence-electron chi connectivity index (χ2n) is 9.65. The van der Waals surface area contributed by atoms with Gasteiger partial charge in [0.1, 0.15) is 5.82 Å². The molecule has 2 aromatic heterocycles. The Morgan fingerprint density at radius 2 is 1.59 bits per heavy atom. The number of nitrogen functional groups attached to an aromatic ring is 1. The molecule has 4 rings (SSSR count). The maximum Gasteiger partial charge on any atom is 0.124 e. The number of pyridine rings is 2. The largest absolute Gasteiger partial charge is 0.384 e. The van der Waals surface area contributed by atoms with Crippen LogP contribution in [0.5, 0.6) is 0 Å². The number of aromatic nitrogens is 2. The maximum atomic E-state index is 6.12. The number of rotatable bonds is 3. The first-order valence-electron chi connectivity index (χ1n) is 10.2. The SMILES string of the molecule is CC(C)(C)c1cccc2cc(CC(C)(C)c3nc(N)cc4ccccc34)cnc12. The Morgan fingerprint density at radius 3 is 2.34 bits per heavy atom. The summed E-state index contributed by atoms with van der Waals surface area (Å²) in [5.74, 6) is 0.568. The standard InChI is InChI=1S/C26H29N3/c1-25(2,3)21-12-8-10-19-13-17(16-28-23(19)21)15-26(4,5)24-20-11-7-6-9-18(20)14-22(27)29-24/h6-14,16H,15H2,1-5H3,(H2,27,29). The van der Waals surface area contributed by atoms with Gasteiger partial charge in [0.15, 0.2) is 0 Å². The predicted molar refractivity (Wildman–Crippen MR) is 123 cm³/mol. The Balaban J connectivity index is 1.77. The number of para-hydroxylation sites is 1. The highest BCUT2D eigenvalue weighted by molar-refractivity contribution is 5.87. The summed E-state index contributed by atoms with van der Waals surface area (Å²) in [6.45, 7) is 11.2. The van der Waals surface area contributed by atoms with E-state index in [9.17, 15) is 0 Å². The van der Waals surface area contributed by atoms with Crippen LogP contribution in [0, 0.1) is 0 Å². The number of benzene rings is 2. The van der Waals surface area contributed by atoms with Gasteiger partial charge in [-0.1, -0.05) is 77.1 Å². The zero-order chi connectivity index (χ0) is 20.8. The lowest BCUT2D eigenvalue weighted by atomic mass is 9.80. The number of nitrogens with zero attached hydrogens (tertiary/aromatic N) is 2. The van der Waals surface area contributed by atoms with E-state index in [1.54, 1.807) is 0 Å². The van der Waals surface area contributed by atoms with Crippen molar-refractivity contribution in [3.05, 3.63) is 77.6 Å². The molecule has 0 spiro atoms. The Kier molecular flexibility index (Phi) is 4.57. The Bertz CT molecular complexity index is 1200. The summed E-state index contributed by atoms with van der Waals surface area (Å²) in [7, 11) is 0. The minimum atomic E-state index is -0.175. The van der Waals surface area contributed by atoms with E-state index in [0.717, 1.165) is 28.4 Å². The van der Waals surface area contributed by atoms with Crippen molar-refractivity contribution in [3.63, 3.8) is 0 Å². The Morgan fingerprint density at radius 1 is 0.862 bits per heavy atom. The Labute approximate surface area is 173 Å². The second-order valence-corrected chi connectivity index (χ2v) is 9.65. The van der Waals surface area contributed by atoms with Gasteiger partial charge in [-0.05, 0) is 40.5 Å². The topological polar surface area (TPSA) is 51.8 Å². The van der Waals surface area contributed by atoms with Crippen LogP contribution in [0.4, 0.5) is 5.82 Å². The van der Waals surface area contributed by atoms with E-state index in [0.29, 0.717) is 5.82 Å². The molecule has 148 valence electrons. The number of anilines is 1. The summed E-state index contributed by atoms with van der Waals surface area (Å²) in [6.07, 6.45) is 2.87. The molecule has 0 aliphatic carbocycles. The van der Waals surface area contributed by atoms with Gasteiger partial charge in [-0.2, -0.15) is 0 Å². The molecule has 0 bridgehead atoms. The van der Waals surface area contributed by atoms with Crippen LogP contribution in [0.15, 0.2) is 60.8 Å². The predicted octanol–water partition coefficient (Wildman–Crippen LogP) is 6.18. The average molecular weight is 384 g/mol. The van der Waals surface area contributed by atoms with Gasteiger partial charge in [0, 0.05) is 22.4 Å². The fourth-order valence-corrected chi connectivity index (χ4v) is 4.24. The van der Waals surface area contributed by atoms with Crippen LogP contribution in [0.2, 0.25) is 0 Å². The van der Waals surface area contributed by atoms with Crippen LogP contribution in [0.3, 0.4) is 0 Å². The first kappa shape index (κ1) is 19.4. The molecule has 0 radical (unpaired) electrons. The molecular formula is C26H29N3. The zero-order valence-corrected chi connectivity index (χ0v) is 18.0. The van der Waals surface area contributed by atoms with Crippen LogP contribution in [0.25, 0.3) is 21.7 Å². The minimum absolute atomic E-state index is 0.0672. The monoisotopic (exact) mass is 383 g/mol. The molecule has 0 saturated carbocycles. The normalized spacial score (nSPS) is 12.6. The van der Waals surface area contributed by atoms with Gasteiger partial charge < -0.3 is 5.73 Å². The van der Waals surface area contributed by atoms with Crippen molar-refractivity contribution in [1.29, 1.82) is 0 Å². The second kappa shape index (κ2) is 6.84. The summed E-state index contributed by atoms with van der Waals surface area (Å²) in [5, 5.41) is 3.49. The molecular weight excluding hydrogens is 354 g/mol. The van der Waals surface area contributed by atoms with Gasteiger partial charge in [0.05, 0.1) is 11.2 Å². The molecule has 0 aliphatic heterocycles. The fraction of sp³-hybridized carbons (Fsp3) is 0.308. The quantitative estimate of drug-likeness (QED) is 0.459. The van der Waals surface area contributed by atoms with E-state index >= 15 is 0 Å². The molecule has 0 atom stereocenters. The molecule has 0 amide bonds.